The van der Waals surface area contributed by atoms with Crippen molar-refractivity contribution in [2.45, 2.75) is 6.10 Å². The molecule has 0 aliphatic carbocycles. The molecular formula is C12H16ClF2NO3. The van der Waals surface area contributed by atoms with Gasteiger partial charge < -0.3 is 19.9 Å². The van der Waals surface area contributed by atoms with Gasteiger partial charge in [0.2, 0.25) is 0 Å². The van der Waals surface area contributed by atoms with Gasteiger partial charge in [0.25, 0.3) is 0 Å². The van der Waals surface area contributed by atoms with Gasteiger partial charge in [0.1, 0.15) is 6.61 Å². The first-order valence-corrected chi connectivity index (χ1v) is 6.20. The molecule has 1 rings (SSSR count). The van der Waals surface area contributed by atoms with Crippen LogP contribution >= 0.6 is 11.6 Å². The molecule has 0 heterocycles. The molecule has 2 N–H and O–H groups in total. The quantitative estimate of drug-likeness (QED) is 0.569. The fraction of sp³-hybridized carbons (Fsp3) is 0.500. The van der Waals surface area contributed by atoms with Gasteiger partial charge in [-0.3, -0.25) is 0 Å². The number of benzene rings is 1. The number of hydrogen-bond donors (Lipinski definition) is 2. The van der Waals surface area contributed by atoms with Gasteiger partial charge in [-0.15, -0.1) is 11.6 Å². The molecule has 4 nitrogen and oxygen atoms in total. The van der Waals surface area contributed by atoms with E-state index < -0.39 is 23.5 Å². The largest absolute Gasteiger partial charge is 0.485 e. The molecule has 0 amide bonds. The Balaban J connectivity index is 2.67. The summed E-state index contributed by atoms with van der Waals surface area (Å²) < 4.78 is 36.9. The fourth-order valence-electron chi connectivity index (χ4n) is 1.32. The van der Waals surface area contributed by atoms with Crippen LogP contribution in [0, 0.1) is 11.6 Å². The van der Waals surface area contributed by atoms with Gasteiger partial charge in [-0.1, -0.05) is 0 Å². The van der Waals surface area contributed by atoms with Crippen molar-refractivity contribution in [2.24, 2.45) is 0 Å². The number of alkyl halides is 1. The van der Waals surface area contributed by atoms with Crippen molar-refractivity contribution in [3.8, 4) is 5.75 Å². The Morgan fingerprint density at radius 3 is 2.47 bits per heavy atom. The van der Waals surface area contributed by atoms with Crippen molar-refractivity contribution in [3.63, 3.8) is 0 Å². The van der Waals surface area contributed by atoms with E-state index in [0.717, 1.165) is 12.1 Å². The third kappa shape index (κ3) is 5.18. The van der Waals surface area contributed by atoms with E-state index in [1.807, 2.05) is 0 Å². The van der Waals surface area contributed by atoms with Gasteiger partial charge in [-0.25, -0.2) is 8.78 Å². The molecule has 1 unspecified atom stereocenters. The number of methoxy groups -OCH3 is 1. The molecule has 0 saturated heterocycles. The second-order valence-electron chi connectivity index (χ2n) is 3.80. The predicted octanol–water partition coefficient (Wildman–Crippen LogP) is 2.00. The zero-order valence-corrected chi connectivity index (χ0v) is 11.2. The monoisotopic (exact) mass is 295 g/mol. The zero-order chi connectivity index (χ0) is 14.3. The van der Waals surface area contributed by atoms with E-state index in [9.17, 15) is 13.9 Å². The maximum absolute atomic E-state index is 13.6. The Morgan fingerprint density at radius 1 is 1.32 bits per heavy atom. The highest BCUT2D eigenvalue weighted by Gasteiger charge is 2.13. The number of anilines is 1. The molecule has 0 aromatic heterocycles. The van der Waals surface area contributed by atoms with Gasteiger partial charge in [0.15, 0.2) is 17.4 Å². The third-order valence-electron chi connectivity index (χ3n) is 2.25. The molecule has 7 heteroatoms. The Morgan fingerprint density at radius 2 is 1.95 bits per heavy atom. The first kappa shape index (κ1) is 15.9. The number of aliphatic hydroxyl groups excluding tert-OH is 1. The van der Waals surface area contributed by atoms with Crippen LogP contribution in [-0.4, -0.2) is 44.0 Å². The lowest BCUT2D eigenvalue weighted by Crippen LogP contribution is -2.21. The minimum absolute atomic E-state index is 0.0379. The zero-order valence-electron chi connectivity index (χ0n) is 10.5. The van der Waals surface area contributed by atoms with Crippen LogP contribution < -0.4 is 10.1 Å². The van der Waals surface area contributed by atoms with Crippen LogP contribution in [0.3, 0.4) is 0 Å². The molecule has 1 atom stereocenters. The highest BCUT2D eigenvalue weighted by Crippen LogP contribution is 2.25. The number of nitrogens with one attached hydrogen (secondary N) is 1. The van der Waals surface area contributed by atoms with Crippen molar-refractivity contribution >= 4 is 17.3 Å². The lowest BCUT2D eigenvalue weighted by atomic mass is 10.2. The molecule has 0 bridgehead atoms. The average molecular weight is 296 g/mol. The van der Waals surface area contributed by atoms with E-state index in [1.54, 1.807) is 0 Å². The van der Waals surface area contributed by atoms with E-state index in [4.69, 9.17) is 21.1 Å². The number of ether oxygens (including phenoxy) is 2. The molecule has 0 aliphatic rings. The first-order chi connectivity index (χ1) is 9.08. The number of aliphatic hydroxyl groups is 1. The summed E-state index contributed by atoms with van der Waals surface area (Å²) in [5.41, 5.74) is 0.207. The summed E-state index contributed by atoms with van der Waals surface area (Å²) in [6, 6.07) is 2.18. The van der Waals surface area contributed by atoms with E-state index in [0.29, 0.717) is 0 Å². The maximum Gasteiger partial charge on any atom is 0.190 e. The van der Waals surface area contributed by atoms with Crippen LogP contribution in [0.15, 0.2) is 12.1 Å². The van der Waals surface area contributed by atoms with Crippen LogP contribution in [-0.2, 0) is 4.74 Å². The normalized spacial score (nSPS) is 12.3. The lowest BCUT2D eigenvalue weighted by molar-refractivity contribution is 0.141. The van der Waals surface area contributed by atoms with Crippen LogP contribution in [0.1, 0.15) is 0 Å². The summed E-state index contributed by atoms with van der Waals surface area (Å²) in [5.74, 6) is -2.05. The SMILES string of the molecule is COCCOc1c(F)cc(NCC(O)CCl)cc1F. The Labute approximate surface area is 115 Å². The van der Waals surface area contributed by atoms with E-state index >= 15 is 0 Å². The minimum Gasteiger partial charge on any atom is -0.485 e. The van der Waals surface area contributed by atoms with Gasteiger partial charge in [0, 0.05) is 31.5 Å². The van der Waals surface area contributed by atoms with Crippen LogP contribution in [0.25, 0.3) is 0 Å². The van der Waals surface area contributed by atoms with E-state index in [2.05, 4.69) is 5.32 Å². The lowest BCUT2D eigenvalue weighted by Gasteiger charge is -2.12. The van der Waals surface area contributed by atoms with Gasteiger partial charge in [-0.2, -0.15) is 0 Å². The van der Waals surface area contributed by atoms with E-state index in [-0.39, 0.29) is 31.3 Å². The maximum atomic E-state index is 13.6. The Hall–Kier alpha value is -1.11. The topological polar surface area (TPSA) is 50.7 Å². The predicted molar refractivity (Wildman–Crippen MR) is 68.9 cm³/mol. The fourth-order valence-corrected chi connectivity index (χ4v) is 1.43. The third-order valence-corrected chi connectivity index (χ3v) is 2.61. The molecule has 0 fully saturated rings. The highest BCUT2D eigenvalue weighted by molar-refractivity contribution is 6.18. The summed E-state index contributed by atoms with van der Waals surface area (Å²) in [6.07, 6.45) is -0.787. The molecule has 0 aliphatic heterocycles. The van der Waals surface area contributed by atoms with E-state index in [1.165, 1.54) is 7.11 Å². The highest BCUT2D eigenvalue weighted by atomic mass is 35.5. The Kier molecular flexibility index (Phi) is 6.83. The standard InChI is InChI=1S/C12H16ClF2NO3/c1-18-2-3-19-12-10(14)4-8(5-11(12)15)16-7-9(17)6-13/h4-5,9,16-17H,2-3,6-7H2,1H3. The van der Waals surface area contributed by atoms with Crippen molar-refractivity contribution in [2.75, 3.05) is 38.1 Å². The summed E-state index contributed by atoms with van der Waals surface area (Å²) in [6.45, 7) is 0.398. The van der Waals surface area contributed by atoms with Crippen LogP contribution in [0.5, 0.6) is 5.75 Å². The smallest absolute Gasteiger partial charge is 0.190 e. The molecular weight excluding hydrogens is 280 g/mol. The molecule has 1 aromatic rings. The van der Waals surface area contributed by atoms with Crippen molar-refractivity contribution in [3.05, 3.63) is 23.8 Å². The van der Waals surface area contributed by atoms with Gasteiger partial charge in [-0.05, 0) is 0 Å². The average Bonchev–Trinajstić information content (AvgIpc) is 2.39. The first-order valence-electron chi connectivity index (χ1n) is 5.67. The molecule has 1 aromatic carbocycles. The molecule has 108 valence electrons. The molecule has 19 heavy (non-hydrogen) atoms. The number of halogens is 3. The van der Waals surface area contributed by atoms with Crippen LogP contribution in [0.4, 0.5) is 14.5 Å². The molecule has 0 spiro atoms. The summed E-state index contributed by atoms with van der Waals surface area (Å²) in [4.78, 5) is 0. The number of rotatable bonds is 8. The summed E-state index contributed by atoms with van der Waals surface area (Å²) in [7, 11) is 1.46. The van der Waals surface area contributed by atoms with Gasteiger partial charge in [0.05, 0.1) is 18.6 Å². The van der Waals surface area contributed by atoms with Gasteiger partial charge >= 0.3 is 0 Å². The second kappa shape index (κ2) is 8.14. The minimum atomic E-state index is -0.820. The number of hydrogen-bond acceptors (Lipinski definition) is 4. The summed E-state index contributed by atoms with van der Waals surface area (Å²) >= 11 is 5.41. The van der Waals surface area contributed by atoms with Crippen molar-refractivity contribution in [1.82, 2.24) is 0 Å². The van der Waals surface area contributed by atoms with Crippen molar-refractivity contribution in [1.29, 1.82) is 0 Å². The van der Waals surface area contributed by atoms with Crippen LogP contribution in [0.2, 0.25) is 0 Å². The Bertz CT molecular complexity index is 384. The molecule has 0 radical (unpaired) electrons. The molecule has 0 saturated carbocycles. The van der Waals surface area contributed by atoms with Crippen molar-refractivity contribution < 1.29 is 23.4 Å². The second-order valence-corrected chi connectivity index (χ2v) is 4.11. The summed E-state index contributed by atoms with van der Waals surface area (Å²) in [5, 5.41) is 11.9.